The SMILES string of the molecule is O=C(/C=C/c1ccccc1)NC(N1CCCN(c2ccccn2)C1=S)C(Cl)(Cl)Cl. The van der Waals surface area contributed by atoms with Crippen LogP contribution in [-0.4, -0.2) is 44.0 Å². The summed E-state index contributed by atoms with van der Waals surface area (Å²) in [4.78, 5) is 20.4. The van der Waals surface area contributed by atoms with E-state index >= 15 is 0 Å². The van der Waals surface area contributed by atoms with Gasteiger partial charge in [0.1, 0.15) is 5.82 Å². The van der Waals surface area contributed by atoms with Gasteiger partial charge >= 0.3 is 0 Å². The molecule has 1 saturated heterocycles. The van der Waals surface area contributed by atoms with Crippen molar-refractivity contribution >= 4 is 69.9 Å². The molecule has 0 radical (unpaired) electrons. The summed E-state index contributed by atoms with van der Waals surface area (Å²) in [6.45, 7) is 1.24. The van der Waals surface area contributed by atoms with Crippen LogP contribution in [0.1, 0.15) is 12.0 Å². The van der Waals surface area contributed by atoms with Gasteiger partial charge in [0.25, 0.3) is 0 Å². The van der Waals surface area contributed by atoms with Crippen molar-refractivity contribution in [1.82, 2.24) is 15.2 Å². The van der Waals surface area contributed by atoms with Crippen molar-refractivity contribution in [3.8, 4) is 0 Å². The van der Waals surface area contributed by atoms with Gasteiger partial charge in [0, 0.05) is 25.4 Å². The zero-order valence-corrected chi connectivity index (χ0v) is 18.4. The number of pyridine rings is 1. The molecule has 0 aliphatic carbocycles. The Morgan fingerprint density at radius 3 is 2.52 bits per heavy atom. The van der Waals surface area contributed by atoms with E-state index in [1.165, 1.54) is 6.08 Å². The molecular formula is C20H19Cl3N4OS. The molecule has 9 heteroatoms. The molecular weight excluding hydrogens is 451 g/mol. The number of aromatic nitrogens is 1. The maximum atomic E-state index is 12.5. The number of halogens is 3. The molecule has 1 atom stereocenters. The van der Waals surface area contributed by atoms with E-state index in [9.17, 15) is 4.79 Å². The number of amides is 1. The molecule has 152 valence electrons. The van der Waals surface area contributed by atoms with E-state index in [0.29, 0.717) is 24.0 Å². The maximum Gasteiger partial charge on any atom is 0.245 e. The number of carbonyl (C=O) groups is 1. The summed E-state index contributed by atoms with van der Waals surface area (Å²) >= 11 is 24.3. The van der Waals surface area contributed by atoms with Crippen LogP contribution in [0.3, 0.4) is 0 Å². The van der Waals surface area contributed by atoms with Crippen molar-refractivity contribution in [2.45, 2.75) is 16.4 Å². The highest BCUT2D eigenvalue weighted by Gasteiger charge is 2.41. The first kappa shape index (κ1) is 21.8. The normalized spacial score (nSPS) is 16.2. The largest absolute Gasteiger partial charge is 0.328 e. The Labute approximate surface area is 190 Å². The number of alkyl halides is 3. The van der Waals surface area contributed by atoms with Gasteiger partial charge in [0.2, 0.25) is 9.70 Å². The van der Waals surface area contributed by atoms with Crippen LogP contribution in [-0.2, 0) is 4.79 Å². The van der Waals surface area contributed by atoms with Crippen molar-refractivity contribution in [3.05, 3.63) is 66.4 Å². The first-order chi connectivity index (χ1) is 13.9. The molecule has 0 bridgehead atoms. The molecule has 1 aliphatic heterocycles. The lowest BCUT2D eigenvalue weighted by atomic mass is 10.2. The number of benzene rings is 1. The highest BCUT2D eigenvalue weighted by molar-refractivity contribution is 7.80. The molecule has 1 aromatic heterocycles. The van der Waals surface area contributed by atoms with Crippen molar-refractivity contribution in [1.29, 1.82) is 0 Å². The van der Waals surface area contributed by atoms with Crippen LogP contribution < -0.4 is 10.2 Å². The summed E-state index contributed by atoms with van der Waals surface area (Å²) in [6.07, 6.45) is 4.63. The van der Waals surface area contributed by atoms with E-state index in [2.05, 4.69) is 10.3 Å². The first-order valence-corrected chi connectivity index (χ1v) is 10.5. The Hall–Kier alpha value is -1.86. The van der Waals surface area contributed by atoms with Crippen molar-refractivity contribution in [3.63, 3.8) is 0 Å². The zero-order chi connectivity index (χ0) is 20.9. The van der Waals surface area contributed by atoms with E-state index in [4.69, 9.17) is 47.0 Å². The van der Waals surface area contributed by atoms with Crippen LogP contribution in [0.15, 0.2) is 60.8 Å². The number of carbonyl (C=O) groups excluding carboxylic acids is 1. The van der Waals surface area contributed by atoms with E-state index in [-0.39, 0.29) is 5.91 Å². The Bertz CT molecular complexity index is 874. The predicted octanol–water partition coefficient (Wildman–Crippen LogP) is 4.40. The number of hydrogen-bond acceptors (Lipinski definition) is 3. The minimum atomic E-state index is -1.78. The molecule has 1 N–H and O–H groups in total. The van der Waals surface area contributed by atoms with Gasteiger partial charge in [-0.15, -0.1) is 0 Å². The fourth-order valence-electron chi connectivity index (χ4n) is 2.97. The van der Waals surface area contributed by atoms with Crippen molar-refractivity contribution in [2.75, 3.05) is 18.0 Å². The lowest BCUT2D eigenvalue weighted by molar-refractivity contribution is -0.117. The smallest absolute Gasteiger partial charge is 0.245 e. The number of nitrogens with one attached hydrogen (secondary N) is 1. The molecule has 3 rings (SSSR count). The summed E-state index contributed by atoms with van der Waals surface area (Å²) in [5.41, 5.74) is 0.892. The van der Waals surface area contributed by atoms with E-state index in [1.54, 1.807) is 17.2 Å². The van der Waals surface area contributed by atoms with Crippen LogP contribution in [0.2, 0.25) is 0 Å². The Kier molecular flexibility index (Phi) is 7.35. The lowest BCUT2D eigenvalue weighted by Crippen LogP contribution is -2.62. The van der Waals surface area contributed by atoms with Gasteiger partial charge in [0.05, 0.1) is 0 Å². The van der Waals surface area contributed by atoms with Crippen LogP contribution in [0.4, 0.5) is 5.82 Å². The van der Waals surface area contributed by atoms with E-state index in [0.717, 1.165) is 12.0 Å². The Balaban J connectivity index is 1.76. The highest BCUT2D eigenvalue weighted by Crippen LogP contribution is 2.34. The number of thiocarbonyl (C=S) groups is 1. The van der Waals surface area contributed by atoms with Gasteiger partial charge in [-0.2, -0.15) is 0 Å². The fraction of sp³-hybridized carbons (Fsp3) is 0.250. The molecule has 0 spiro atoms. The summed E-state index contributed by atoms with van der Waals surface area (Å²) < 4.78 is -1.78. The monoisotopic (exact) mass is 468 g/mol. The van der Waals surface area contributed by atoms with Gasteiger partial charge in [-0.1, -0.05) is 71.2 Å². The topological polar surface area (TPSA) is 48.5 Å². The number of hydrogen-bond donors (Lipinski definition) is 1. The third kappa shape index (κ3) is 5.82. The molecule has 2 heterocycles. The standard InChI is InChI=1S/C20H19Cl3N4OS/c21-20(22,23)18(25-17(28)11-10-15-7-2-1-3-8-15)27-14-6-13-26(19(27)29)16-9-4-5-12-24-16/h1-5,7-12,18H,6,13-14H2,(H,25,28)/b11-10+. The Morgan fingerprint density at radius 1 is 1.14 bits per heavy atom. The van der Waals surface area contributed by atoms with Gasteiger partial charge in [-0.05, 0) is 42.4 Å². The van der Waals surface area contributed by atoms with Gasteiger partial charge < -0.3 is 15.1 Å². The first-order valence-electron chi connectivity index (χ1n) is 8.96. The fourth-order valence-corrected chi connectivity index (χ4v) is 3.86. The minimum Gasteiger partial charge on any atom is -0.328 e. The highest BCUT2D eigenvalue weighted by atomic mass is 35.6. The molecule has 1 aromatic carbocycles. The van der Waals surface area contributed by atoms with E-state index in [1.807, 2.05) is 53.4 Å². The summed E-state index contributed by atoms with van der Waals surface area (Å²) in [5, 5.41) is 3.21. The van der Waals surface area contributed by atoms with Crippen LogP contribution in [0.5, 0.6) is 0 Å². The number of rotatable bonds is 5. The molecule has 1 fully saturated rings. The summed E-state index contributed by atoms with van der Waals surface area (Å²) in [7, 11) is 0. The lowest BCUT2D eigenvalue weighted by Gasteiger charge is -2.44. The zero-order valence-electron chi connectivity index (χ0n) is 15.3. The van der Waals surface area contributed by atoms with Crippen LogP contribution >= 0.6 is 47.0 Å². The number of nitrogens with zero attached hydrogens (tertiary/aromatic N) is 3. The Morgan fingerprint density at radius 2 is 1.86 bits per heavy atom. The molecule has 1 unspecified atom stereocenters. The molecule has 1 amide bonds. The van der Waals surface area contributed by atoms with Crippen molar-refractivity contribution < 1.29 is 4.79 Å². The predicted molar refractivity (Wildman–Crippen MR) is 123 cm³/mol. The minimum absolute atomic E-state index is 0.386. The second kappa shape index (κ2) is 9.76. The van der Waals surface area contributed by atoms with Gasteiger partial charge in [0.15, 0.2) is 11.3 Å². The number of anilines is 1. The average Bonchev–Trinajstić information content (AvgIpc) is 2.71. The van der Waals surface area contributed by atoms with Gasteiger partial charge in [-0.3, -0.25) is 4.79 Å². The van der Waals surface area contributed by atoms with Crippen LogP contribution in [0.25, 0.3) is 6.08 Å². The van der Waals surface area contributed by atoms with Crippen molar-refractivity contribution in [2.24, 2.45) is 0 Å². The molecule has 5 nitrogen and oxygen atoms in total. The third-order valence-corrected chi connectivity index (χ3v) is 5.39. The van der Waals surface area contributed by atoms with Crippen LogP contribution in [0, 0.1) is 0 Å². The average molecular weight is 470 g/mol. The van der Waals surface area contributed by atoms with E-state index < -0.39 is 9.96 Å². The second-order valence-corrected chi connectivity index (χ2v) is 9.10. The second-order valence-electron chi connectivity index (χ2n) is 6.37. The quantitative estimate of drug-likeness (QED) is 0.399. The third-order valence-electron chi connectivity index (χ3n) is 4.31. The summed E-state index contributed by atoms with van der Waals surface area (Å²) in [5.74, 6) is 0.323. The summed E-state index contributed by atoms with van der Waals surface area (Å²) in [6, 6.07) is 15.0. The molecule has 0 saturated carbocycles. The molecule has 2 aromatic rings. The maximum absolute atomic E-state index is 12.5. The molecule has 29 heavy (non-hydrogen) atoms. The molecule has 1 aliphatic rings. The van der Waals surface area contributed by atoms with Gasteiger partial charge in [-0.25, -0.2) is 4.98 Å².